The lowest BCUT2D eigenvalue weighted by Gasteiger charge is -2.29. The van der Waals surface area contributed by atoms with Gasteiger partial charge in [0.25, 0.3) is 5.91 Å². The van der Waals surface area contributed by atoms with Crippen molar-refractivity contribution in [3.63, 3.8) is 0 Å². The third-order valence-corrected chi connectivity index (χ3v) is 4.98. The van der Waals surface area contributed by atoms with Crippen LogP contribution in [0.5, 0.6) is 0 Å². The predicted molar refractivity (Wildman–Crippen MR) is 95.0 cm³/mol. The topological polar surface area (TPSA) is 61.8 Å². The Morgan fingerprint density at radius 2 is 2.12 bits per heavy atom. The summed E-state index contributed by atoms with van der Waals surface area (Å²) in [5.41, 5.74) is 0.870. The van der Waals surface area contributed by atoms with Crippen molar-refractivity contribution in [2.75, 3.05) is 32.8 Å². The minimum Gasteiger partial charge on any atom is -0.388 e. The van der Waals surface area contributed by atoms with E-state index >= 15 is 0 Å². The van der Waals surface area contributed by atoms with Crippen molar-refractivity contribution in [3.8, 4) is 0 Å². The number of morpholine rings is 1. The molecule has 1 aromatic rings. The molecule has 1 saturated heterocycles. The summed E-state index contributed by atoms with van der Waals surface area (Å²) in [5.74, 6) is -0.00661. The molecule has 0 aromatic heterocycles. The zero-order chi connectivity index (χ0) is 17.6. The lowest BCUT2D eigenvalue weighted by atomic mass is 9.88. The minimum absolute atomic E-state index is 0.130. The first-order valence-corrected chi connectivity index (χ1v) is 8.82. The Morgan fingerprint density at radius 3 is 2.79 bits per heavy atom. The fourth-order valence-corrected chi connectivity index (χ4v) is 2.80. The van der Waals surface area contributed by atoms with E-state index < -0.39 is 5.60 Å². The number of carbonyl (C=O) groups excluding carboxylic acids is 1. The molecule has 1 aliphatic heterocycles. The van der Waals surface area contributed by atoms with Gasteiger partial charge in [0, 0.05) is 31.7 Å². The number of aliphatic hydroxyl groups is 1. The minimum atomic E-state index is -0.893. The Labute approximate surface area is 145 Å². The normalized spacial score (nSPS) is 19.5. The third-order valence-electron chi connectivity index (χ3n) is 4.98. The fourth-order valence-electron chi connectivity index (χ4n) is 2.80. The van der Waals surface area contributed by atoms with E-state index in [9.17, 15) is 9.90 Å². The van der Waals surface area contributed by atoms with Crippen molar-refractivity contribution in [3.05, 3.63) is 35.4 Å². The van der Waals surface area contributed by atoms with Crippen LogP contribution < -0.4 is 5.32 Å². The van der Waals surface area contributed by atoms with Crippen LogP contribution in [-0.2, 0) is 11.3 Å². The van der Waals surface area contributed by atoms with Gasteiger partial charge in [-0.05, 0) is 30.5 Å². The van der Waals surface area contributed by atoms with Gasteiger partial charge in [0.15, 0.2) is 0 Å². The van der Waals surface area contributed by atoms with Crippen LogP contribution in [0.2, 0.25) is 0 Å². The number of nitrogens with zero attached hydrogens (tertiary/aromatic N) is 1. The smallest absolute Gasteiger partial charge is 0.251 e. The molecule has 0 saturated carbocycles. The van der Waals surface area contributed by atoms with Crippen LogP contribution >= 0.6 is 0 Å². The summed E-state index contributed by atoms with van der Waals surface area (Å²) in [5, 5.41) is 13.3. The second-order valence-corrected chi connectivity index (χ2v) is 6.94. The fraction of sp³-hybridized carbons (Fsp3) is 0.632. The number of benzene rings is 1. The summed E-state index contributed by atoms with van der Waals surface area (Å²) in [7, 11) is 0. The van der Waals surface area contributed by atoms with Crippen LogP contribution in [0, 0.1) is 5.92 Å². The zero-order valence-corrected chi connectivity index (χ0v) is 15.0. The molecule has 1 fully saturated rings. The summed E-state index contributed by atoms with van der Waals surface area (Å²) in [6, 6.07) is 7.71. The van der Waals surface area contributed by atoms with Gasteiger partial charge in [-0.15, -0.1) is 0 Å². The molecule has 1 amide bonds. The van der Waals surface area contributed by atoms with E-state index in [1.807, 2.05) is 38.1 Å². The van der Waals surface area contributed by atoms with E-state index in [-0.39, 0.29) is 18.4 Å². The highest BCUT2D eigenvalue weighted by molar-refractivity contribution is 5.94. The molecule has 0 aliphatic carbocycles. The van der Waals surface area contributed by atoms with Crippen LogP contribution in [0.4, 0.5) is 0 Å². The van der Waals surface area contributed by atoms with Gasteiger partial charge in [-0.3, -0.25) is 9.69 Å². The van der Waals surface area contributed by atoms with Crippen LogP contribution in [0.3, 0.4) is 0 Å². The zero-order valence-electron chi connectivity index (χ0n) is 15.0. The second kappa shape index (κ2) is 8.60. The molecular formula is C19H30N2O3. The molecule has 5 nitrogen and oxygen atoms in total. The number of hydrogen-bond donors (Lipinski definition) is 2. The Morgan fingerprint density at radius 1 is 1.42 bits per heavy atom. The molecule has 24 heavy (non-hydrogen) atoms. The van der Waals surface area contributed by atoms with E-state index in [1.165, 1.54) is 0 Å². The predicted octanol–water partition coefficient (Wildman–Crippen LogP) is 2.05. The summed E-state index contributed by atoms with van der Waals surface area (Å²) in [6.07, 6.45) is 0.873. The number of amides is 1. The van der Waals surface area contributed by atoms with Gasteiger partial charge in [0.2, 0.25) is 0 Å². The molecule has 1 heterocycles. The van der Waals surface area contributed by atoms with Gasteiger partial charge in [0.05, 0.1) is 18.8 Å². The number of hydrogen-bond acceptors (Lipinski definition) is 4. The quantitative estimate of drug-likeness (QED) is 0.801. The molecule has 1 aliphatic rings. The molecule has 2 unspecified atom stereocenters. The van der Waals surface area contributed by atoms with Crippen molar-refractivity contribution < 1.29 is 14.6 Å². The molecule has 2 atom stereocenters. The monoisotopic (exact) mass is 334 g/mol. The van der Waals surface area contributed by atoms with Crippen LogP contribution in [0.1, 0.15) is 43.1 Å². The Kier molecular flexibility index (Phi) is 6.78. The molecule has 5 heteroatoms. The molecule has 0 bridgehead atoms. The van der Waals surface area contributed by atoms with Crippen molar-refractivity contribution in [1.29, 1.82) is 0 Å². The first kappa shape index (κ1) is 18.9. The molecule has 1 aromatic carbocycles. The van der Waals surface area contributed by atoms with Gasteiger partial charge in [0.1, 0.15) is 0 Å². The van der Waals surface area contributed by atoms with E-state index in [1.54, 1.807) is 6.92 Å². The van der Waals surface area contributed by atoms with Gasteiger partial charge in [-0.2, -0.15) is 0 Å². The average Bonchev–Trinajstić information content (AvgIpc) is 2.60. The van der Waals surface area contributed by atoms with Crippen molar-refractivity contribution in [1.82, 2.24) is 10.2 Å². The molecular weight excluding hydrogens is 304 g/mol. The number of rotatable bonds is 7. The lowest BCUT2D eigenvalue weighted by Crippen LogP contribution is -2.45. The highest BCUT2D eigenvalue weighted by Crippen LogP contribution is 2.19. The Bertz CT molecular complexity index is 539. The van der Waals surface area contributed by atoms with E-state index in [4.69, 9.17) is 4.74 Å². The van der Waals surface area contributed by atoms with Gasteiger partial charge in [-0.1, -0.05) is 32.4 Å². The van der Waals surface area contributed by atoms with Crippen molar-refractivity contribution in [2.45, 2.75) is 39.3 Å². The van der Waals surface area contributed by atoms with Gasteiger partial charge >= 0.3 is 0 Å². The molecule has 2 N–H and O–H groups in total. The van der Waals surface area contributed by atoms with Gasteiger partial charge < -0.3 is 15.2 Å². The number of ether oxygens (including phenoxy) is 1. The Hall–Kier alpha value is -1.43. The van der Waals surface area contributed by atoms with Gasteiger partial charge in [-0.25, -0.2) is 0 Å². The number of carbonyl (C=O) groups is 1. The first-order chi connectivity index (χ1) is 11.4. The highest BCUT2D eigenvalue weighted by Gasteiger charge is 2.27. The summed E-state index contributed by atoms with van der Waals surface area (Å²) < 4.78 is 5.36. The summed E-state index contributed by atoms with van der Waals surface area (Å²) in [6.45, 7) is 10.3. The van der Waals surface area contributed by atoms with E-state index in [2.05, 4.69) is 10.2 Å². The van der Waals surface area contributed by atoms with Crippen LogP contribution in [0.15, 0.2) is 24.3 Å². The summed E-state index contributed by atoms with van der Waals surface area (Å²) >= 11 is 0. The Balaban J connectivity index is 1.93. The second-order valence-electron chi connectivity index (χ2n) is 6.94. The molecule has 2 rings (SSSR count). The lowest BCUT2D eigenvalue weighted by molar-refractivity contribution is 0.00592. The molecule has 0 radical (unpaired) electrons. The maximum atomic E-state index is 12.4. The molecule has 134 valence electrons. The average molecular weight is 334 g/mol. The SMILES string of the molecule is CCC(C)C(C)(O)CNC(=O)c1cccc(CN2CCOCC2)c1. The van der Waals surface area contributed by atoms with E-state index in [0.29, 0.717) is 5.56 Å². The van der Waals surface area contributed by atoms with Crippen molar-refractivity contribution in [2.24, 2.45) is 5.92 Å². The van der Waals surface area contributed by atoms with E-state index in [0.717, 1.165) is 44.8 Å². The number of nitrogens with one attached hydrogen (secondary N) is 1. The largest absolute Gasteiger partial charge is 0.388 e. The summed E-state index contributed by atoms with van der Waals surface area (Å²) in [4.78, 5) is 14.7. The van der Waals surface area contributed by atoms with Crippen LogP contribution in [0.25, 0.3) is 0 Å². The first-order valence-electron chi connectivity index (χ1n) is 8.82. The highest BCUT2D eigenvalue weighted by atomic mass is 16.5. The van der Waals surface area contributed by atoms with Crippen LogP contribution in [-0.4, -0.2) is 54.4 Å². The van der Waals surface area contributed by atoms with Crippen molar-refractivity contribution >= 4 is 5.91 Å². The standard InChI is InChI=1S/C19H30N2O3/c1-4-15(2)19(3,23)14-20-18(22)17-7-5-6-16(12-17)13-21-8-10-24-11-9-21/h5-7,12,15,23H,4,8-11,13-14H2,1-3H3,(H,20,22). The third kappa shape index (κ3) is 5.30. The molecule has 0 spiro atoms. The maximum absolute atomic E-state index is 12.4. The maximum Gasteiger partial charge on any atom is 0.251 e.